The maximum absolute atomic E-state index is 3.85. The van der Waals surface area contributed by atoms with E-state index in [9.17, 15) is 0 Å². The predicted octanol–water partition coefficient (Wildman–Crippen LogP) is 6.89. The Morgan fingerprint density at radius 1 is 0.750 bits per heavy atom. The van der Waals surface area contributed by atoms with Gasteiger partial charge < -0.3 is 0 Å². The molecule has 3 rings (SSSR count). The molecule has 2 heterocycles. The average molecular weight is 351 g/mol. The predicted molar refractivity (Wildman–Crippen MR) is 110 cm³/mol. The van der Waals surface area contributed by atoms with E-state index in [0.717, 1.165) is 12.8 Å². The topological polar surface area (TPSA) is 0 Å². The van der Waals surface area contributed by atoms with Gasteiger partial charge in [-0.25, -0.2) is 0 Å². The molecule has 0 N–H and O–H groups in total. The summed E-state index contributed by atoms with van der Waals surface area (Å²) in [5, 5.41) is 0. The lowest BCUT2D eigenvalue weighted by Gasteiger charge is -2.11. The van der Waals surface area contributed by atoms with Crippen LogP contribution in [0.1, 0.15) is 41.8 Å². The third kappa shape index (κ3) is 3.77. The molecule has 0 radical (unpaired) electrons. The Morgan fingerprint density at radius 2 is 1.17 bits per heavy atom. The van der Waals surface area contributed by atoms with Gasteiger partial charge in [-0.15, -0.1) is 22.7 Å². The molecule has 0 spiro atoms. The molecule has 0 saturated heterocycles. The van der Waals surface area contributed by atoms with Crippen LogP contribution >= 0.6 is 22.7 Å². The highest BCUT2D eigenvalue weighted by atomic mass is 32.1. The van der Waals surface area contributed by atoms with Crippen molar-refractivity contribution in [2.45, 2.75) is 26.7 Å². The van der Waals surface area contributed by atoms with E-state index in [-0.39, 0.29) is 0 Å². The van der Waals surface area contributed by atoms with Crippen LogP contribution in [0, 0.1) is 13.8 Å². The molecule has 3 aromatic rings. The third-order valence-corrected chi connectivity index (χ3v) is 6.45. The Labute approximate surface area is 152 Å². The molecule has 24 heavy (non-hydrogen) atoms. The summed E-state index contributed by atoms with van der Waals surface area (Å²) in [6, 6.07) is 13.5. The lowest BCUT2D eigenvalue weighted by Crippen LogP contribution is -1.97. The summed E-state index contributed by atoms with van der Waals surface area (Å²) < 4.78 is 0. The Morgan fingerprint density at radius 3 is 1.50 bits per heavy atom. The molecule has 0 aliphatic rings. The highest BCUT2D eigenvalue weighted by Gasteiger charge is 2.09. The lowest BCUT2D eigenvalue weighted by atomic mass is 9.95. The first-order valence-corrected chi connectivity index (χ1v) is 9.73. The third-order valence-electron chi connectivity index (χ3n) is 4.29. The number of rotatable bonds is 6. The fourth-order valence-corrected chi connectivity index (χ4v) is 4.66. The molecule has 1 aromatic carbocycles. The number of hydrogen-bond acceptors (Lipinski definition) is 2. The normalized spacial score (nSPS) is 10.8. The van der Waals surface area contributed by atoms with Crippen LogP contribution in [0.3, 0.4) is 0 Å². The Kier molecular flexibility index (Phi) is 5.17. The molecule has 122 valence electrons. The highest BCUT2D eigenvalue weighted by Crippen LogP contribution is 2.27. The summed E-state index contributed by atoms with van der Waals surface area (Å²) >= 11 is 3.66. The summed E-state index contributed by atoms with van der Waals surface area (Å²) in [5.41, 5.74) is 5.60. The monoisotopic (exact) mass is 350 g/mol. The molecular formula is C22H22S2. The molecule has 2 aromatic heterocycles. The molecule has 2 heteroatoms. The second kappa shape index (κ2) is 7.33. The van der Waals surface area contributed by atoms with Crippen LogP contribution in [0.2, 0.25) is 0 Å². The van der Waals surface area contributed by atoms with Gasteiger partial charge in [0.2, 0.25) is 0 Å². The van der Waals surface area contributed by atoms with Gasteiger partial charge >= 0.3 is 0 Å². The van der Waals surface area contributed by atoms with Crippen molar-refractivity contribution in [1.29, 1.82) is 0 Å². The lowest BCUT2D eigenvalue weighted by molar-refractivity contribution is 1.12. The Hall–Kier alpha value is -1.90. The van der Waals surface area contributed by atoms with Gasteiger partial charge in [0, 0.05) is 32.4 Å². The van der Waals surface area contributed by atoms with Crippen LogP contribution in [0.15, 0.2) is 49.6 Å². The molecule has 0 aliphatic carbocycles. The van der Waals surface area contributed by atoms with Gasteiger partial charge in [-0.3, -0.25) is 0 Å². The van der Waals surface area contributed by atoms with Crippen molar-refractivity contribution in [2.75, 3.05) is 0 Å². The van der Waals surface area contributed by atoms with Crippen LogP contribution in [0.4, 0.5) is 0 Å². The van der Waals surface area contributed by atoms with Gasteiger partial charge in [0.05, 0.1) is 0 Å². The quantitative estimate of drug-likeness (QED) is 0.454. The number of hydrogen-bond donors (Lipinski definition) is 0. The van der Waals surface area contributed by atoms with Gasteiger partial charge in [-0.05, 0) is 60.4 Å². The summed E-state index contributed by atoms with van der Waals surface area (Å²) in [4.78, 5) is 5.28. The van der Waals surface area contributed by atoms with E-state index in [4.69, 9.17) is 0 Å². The van der Waals surface area contributed by atoms with Crippen molar-refractivity contribution < 1.29 is 0 Å². The second-order valence-corrected chi connectivity index (χ2v) is 8.47. The van der Waals surface area contributed by atoms with Gasteiger partial charge in [-0.1, -0.05) is 37.4 Å². The fraction of sp³-hybridized carbons (Fsp3) is 0.182. The first-order chi connectivity index (χ1) is 11.6. The SMILES string of the molecule is C=Cc1ccc(Cc2cc(C)c(Cc3ccc(C=C)s3)cc2C)s1. The number of aryl methyl sites for hydroxylation is 2. The van der Waals surface area contributed by atoms with Crippen LogP contribution in [-0.4, -0.2) is 0 Å². The maximum Gasteiger partial charge on any atom is 0.0267 e. The molecule has 0 unspecified atom stereocenters. The zero-order valence-corrected chi connectivity index (χ0v) is 15.9. The van der Waals surface area contributed by atoms with Crippen LogP contribution in [0.5, 0.6) is 0 Å². The first-order valence-electron chi connectivity index (χ1n) is 8.10. The van der Waals surface area contributed by atoms with E-state index in [1.54, 1.807) is 0 Å². The molecule has 0 saturated carbocycles. The fourth-order valence-electron chi connectivity index (χ4n) is 2.89. The van der Waals surface area contributed by atoms with E-state index in [2.05, 4.69) is 63.4 Å². The van der Waals surface area contributed by atoms with E-state index >= 15 is 0 Å². The minimum Gasteiger partial charge on any atom is -0.141 e. The molecule has 0 amide bonds. The van der Waals surface area contributed by atoms with Crippen molar-refractivity contribution in [3.63, 3.8) is 0 Å². The smallest absolute Gasteiger partial charge is 0.0267 e. The van der Waals surface area contributed by atoms with Gasteiger partial charge in [0.1, 0.15) is 0 Å². The van der Waals surface area contributed by atoms with Crippen molar-refractivity contribution in [3.05, 3.63) is 91.3 Å². The average Bonchev–Trinajstić information content (AvgIpc) is 3.21. The molecule has 0 fully saturated rings. The van der Waals surface area contributed by atoms with E-state index < -0.39 is 0 Å². The maximum atomic E-state index is 3.85. The van der Waals surface area contributed by atoms with Gasteiger partial charge in [-0.2, -0.15) is 0 Å². The minimum atomic E-state index is 1.01. The Balaban J connectivity index is 1.82. The van der Waals surface area contributed by atoms with E-state index in [1.165, 1.54) is 41.8 Å². The first kappa shape index (κ1) is 16.9. The number of benzene rings is 1. The minimum absolute atomic E-state index is 1.01. The Bertz CT molecular complexity index is 803. The standard InChI is InChI=1S/C22H22S2/c1-5-19-7-9-21(23-19)13-17-11-16(4)18(12-15(17)3)14-22-10-8-20(6-2)24-22/h5-12H,1-2,13-14H2,3-4H3. The summed E-state index contributed by atoms with van der Waals surface area (Å²) in [6.07, 6.45) is 5.86. The van der Waals surface area contributed by atoms with Crippen molar-refractivity contribution in [3.8, 4) is 0 Å². The second-order valence-electron chi connectivity index (χ2n) is 6.08. The van der Waals surface area contributed by atoms with Crippen LogP contribution < -0.4 is 0 Å². The van der Waals surface area contributed by atoms with Crippen LogP contribution in [-0.2, 0) is 12.8 Å². The number of thiophene rings is 2. The molecule has 0 atom stereocenters. The zero-order chi connectivity index (χ0) is 17.1. The molecule has 0 bridgehead atoms. The molecule has 0 aliphatic heterocycles. The summed E-state index contributed by atoms with van der Waals surface area (Å²) in [6.45, 7) is 12.1. The van der Waals surface area contributed by atoms with Crippen LogP contribution in [0.25, 0.3) is 12.2 Å². The van der Waals surface area contributed by atoms with Crippen molar-refractivity contribution in [1.82, 2.24) is 0 Å². The highest BCUT2D eigenvalue weighted by molar-refractivity contribution is 7.13. The van der Waals surface area contributed by atoms with Gasteiger partial charge in [0.25, 0.3) is 0 Å². The summed E-state index contributed by atoms with van der Waals surface area (Å²) in [5.74, 6) is 0. The van der Waals surface area contributed by atoms with Crippen molar-refractivity contribution in [2.24, 2.45) is 0 Å². The molecule has 0 nitrogen and oxygen atoms in total. The molecular weight excluding hydrogens is 328 g/mol. The largest absolute Gasteiger partial charge is 0.141 e. The van der Waals surface area contributed by atoms with Gasteiger partial charge in [0.15, 0.2) is 0 Å². The van der Waals surface area contributed by atoms with E-state index in [0.29, 0.717) is 0 Å². The zero-order valence-electron chi connectivity index (χ0n) is 14.3. The summed E-state index contributed by atoms with van der Waals surface area (Å²) in [7, 11) is 0. The van der Waals surface area contributed by atoms with E-state index in [1.807, 2.05) is 34.8 Å². The van der Waals surface area contributed by atoms with Crippen molar-refractivity contribution >= 4 is 34.8 Å².